The molecule has 60 valence electrons. The van der Waals surface area contributed by atoms with Crippen molar-refractivity contribution in [3.8, 4) is 0 Å². The van der Waals surface area contributed by atoms with Gasteiger partial charge in [0.15, 0.2) is 5.56 Å². The van der Waals surface area contributed by atoms with E-state index in [-0.39, 0.29) is 12.5 Å². The molecular weight excluding hydrogens is 154 g/mol. The van der Waals surface area contributed by atoms with E-state index in [1.807, 2.05) is 0 Å². The normalized spacial score (nSPS) is 13.3. The van der Waals surface area contributed by atoms with Crippen LogP contribution in [0.4, 0.5) is 0 Å². The first-order valence-electron chi connectivity index (χ1n) is 3.00. The largest absolute Gasteiger partial charge is 0.445 e. The van der Waals surface area contributed by atoms with E-state index in [2.05, 4.69) is 4.74 Å². The molecule has 0 amide bonds. The molecule has 3 nitrogen and oxygen atoms in total. The molecule has 1 atom stereocenters. The van der Waals surface area contributed by atoms with Gasteiger partial charge in [-0.3, -0.25) is 9.69 Å². The SMILES string of the molecule is C[C@@H](Cl)OC(=O)CN(C)C. The van der Waals surface area contributed by atoms with Crippen LogP contribution in [-0.2, 0) is 9.53 Å². The van der Waals surface area contributed by atoms with Gasteiger partial charge in [-0.1, -0.05) is 11.6 Å². The molecule has 4 heteroatoms. The first-order valence-corrected chi connectivity index (χ1v) is 3.44. The summed E-state index contributed by atoms with van der Waals surface area (Å²) < 4.78 is 4.65. The molecule has 10 heavy (non-hydrogen) atoms. The second kappa shape index (κ2) is 4.52. The van der Waals surface area contributed by atoms with Gasteiger partial charge in [-0.15, -0.1) is 0 Å². The van der Waals surface area contributed by atoms with Gasteiger partial charge in [-0.2, -0.15) is 0 Å². The van der Waals surface area contributed by atoms with Crippen LogP contribution in [0.15, 0.2) is 0 Å². The second-order valence-electron chi connectivity index (χ2n) is 2.27. The molecule has 0 unspecified atom stereocenters. The quantitative estimate of drug-likeness (QED) is 0.455. The van der Waals surface area contributed by atoms with E-state index in [9.17, 15) is 4.79 Å². The highest BCUT2D eigenvalue weighted by Crippen LogP contribution is 1.95. The fourth-order valence-electron chi connectivity index (χ4n) is 0.477. The van der Waals surface area contributed by atoms with Gasteiger partial charge in [-0.25, -0.2) is 0 Å². The summed E-state index contributed by atoms with van der Waals surface area (Å²) in [5.41, 5.74) is -0.535. The predicted octanol–water partition coefficient (Wildman–Crippen LogP) is 0.676. The topological polar surface area (TPSA) is 29.5 Å². The maximum Gasteiger partial charge on any atom is 0.321 e. The van der Waals surface area contributed by atoms with Crippen molar-refractivity contribution in [3.05, 3.63) is 0 Å². The average molecular weight is 166 g/mol. The van der Waals surface area contributed by atoms with Crippen molar-refractivity contribution in [3.63, 3.8) is 0 Å². The minimum Gasteiger partial charge on any atom is -0.445 e. The number of ether oxygens (including phenoxy) is 1. The van der Waals surface area contributed by atoms with Crippen LogP contribution in [0, 0.1) is 0 Å². The average Bonchev–Trinajstić information content (AvgIpc) is 1.58. The Kier molecular flexibility index (Phi) is 4.40. The van der Waals surface area contributed by atoms with Crippen LogP contribution in [0.5, 0.6) is 0 Å². The van der Waals surface area contributed by atoms with Gasteiger partial charge in [-0.05, 0) is 21.0 Å². The maximum absolute atomic E-state index is 10.7. The molecular formula is C6H12ClNO2. The van der Waals surface area contributed by atoms with Crippen LogP contribution in [0.25, 0.3) is 0 Å². The van der Waals surface area contributed by atoms with Gasteiger partial charge in [0.25, 0.3) is 0 Å². The van der Waals surface area contributed by atoms with Crippen LogP contribution in [-0.4, -0.2) is 37.1 Å². The zero-order valence-electron chi connectivity index (χ0n) is 6.43. The Morgan fingerprint density at radius 3 is 2.50 bits per heavy atom. The van der Waals surface area contributed by atoms with Gasteiger partial charge in [0.2, 0.25) is 0 Å². The molecule has 0 aliphatic carbocycles. The number of hydrogen-bond donors (Lipinski definition) is 0. The molecule has 0 aromatic carbocycles. The molecule has 0 aliphatic heterocycles. The lowest BCUT2D eigenvalue weighted by atomic mass is 10.6. The Balaban J connectivity index is 3.44. The highest BCUT2D eigenvalue weighted by atomic mass is 35.5. The lowest BCUT2D eigenvalue weighted by Crippen LogP contribution is -2.24. The lowest BCUT2D eigenvalue weighted by Gasteiger charge is -2.09. The number of rotatable bonds is 3. The molecule has 0 aromatic rings. The van der Waals surface area contributed by atoms with Crippen molar-refractivity contribution in [2.45, 2.75) is 12.5 Å². The summed E-state index contributed by atoms with van der Waals surface area (Å²) in [5.74, 6) is -0.299. The van der Waals surface area contributed by atoms with Gasteiger partial charge in [0, 0.05) is 0 Å². The Morgan fingerprint density at radius 2 is 2.20 bits per heavy atom. The molecule has 0 bridgehead atoms. The number of esters is 1. The van der Waals surface area contributed by atoms with Crippen LogP contribution in [0.3, 0.4) is 0 Å². The molecule has 0 aliphatic rings. The molecule has 0 fully saturated rings. The number of halogens is 1. The molecule has 0 saturated carbocycles. The van der Waals surface area contributed by atoms with E-state index in [0.29, 0.717) is 0 Å². The van der Waals surface area contributed by atoms with Crippen molar-refractivity contribution in [1.82, 2.24) is 4.90 Å². The van der Waals surface area contributed by atoms with E-state index < -0.39 is 5.56 Å². The minimum atomic E-state index is -0.535. The third kappa shape index (κ3) is 5.85. The number of carbonyl (C=O) groups is 1. The van der Waals surface area contributed by atoms with Gasteiger partial charge < -0.3 is 4.74 Å². The van der Waals surface area contributed by atoms with E-state index in [1.165, 1.54) is 0 Å². The summed E-state index contributed by atoms with van der Waals surface area (Å²) >= 11 is 5.39. The Morgan fingerprint density at radius 1 is 1.70 bits per heavy atom. The summed E-state index contributed by atoms with van der Waals surface area (Å²) in [7, 11) is 3.58. The smallest absolute Gasteiger partial charge is 0.321 e. The van der Waals surface area contributed by atoms with Crippen molar-refractivity contribution in [2.24, 2.45) is 0 Å². The van der Waals surface area contributed by atoms with Crippen molar-refractivity contribution < 1.29 is 9.53 Å². The summed E-state index contributed by atoms with van der Waals surface area (Å²) in [4.78, 5) is 12.4. The molecule has 0 radical (unpaired) electrons. The van der Waals surface area contributed by atoms with E-state index in [4.69, 9.17) is 11.6 Å². The molecule has 0 aromatic heterocycles. The van der Waals surface area contributed by atoms with Crippen LogP contribution in [0.2, 0.25) is 0 Å². The second-order valence-corrected chi connectivity index (χ2v) is 2.89. The Labute approximate surface area is 65.9 Å². The molecule has 0 spiro atoms. The first kappa shape index (κ1) is 9.72. The van der Waals surface area contributed by atoms with Crippen molar-refractivity contribution in [1.29, 1.82) is 0 Å². The third-order valence-corrected chi connectivity index (χ3v) is 0.828. The van der Waals surface area contributed by atoms with Gasteiger partial charge >= 0.3 is 5.97 Å². The minimum absolute atomic E-state index is 0.275. The van der Waals surface area contributed by atoms with Gasteiger partial charge in [0.1, 0.15) is 0 Å². The highest BCUT2D eigenvalue weighted by Gasteiger charge is 2.06. The Hall–Kier alpha value is -0.280. The number of nitrogens with zero attached hydrogens (tertiary/aromatic N) is 1. The summed E-state index contributed by atoms with van der Waals surface area (Å²) in [6, 6.07) is 0. The molecule has 0 saturated heterocycles. The lowest BCUT2D eigenvalue weighted by molar-refractivity contribution is -0.145. The fourth-order valence-corrected chi connectivity index (χ4v) is 0.576. The molecule has 0 heterocycles. The number of carbonyl (C=O) groups excluding carboxylic acids is 1. The van der Waals surface area contributed by atoms with Crippen LogP contribution >= 0.6 is 11.6 Å². The van der Waals surface area contributed by atoms with Crippen LogP contribution < -0.4 is 0 Å². The Bertz CT molecular complexity index is 102. The zero-order chi connectivity index (χ0) is 8.15. The zero-order valence-corrected chi connectivity index (χ0v) is 7.18. The van der Waals surface area contributed by atoms with E-state index in [1.54, 1.807) is 25.9 Å². The highest BCUT2D eigenvalue weighted by molar-refractivity contribution is 6.19. The fraction of sp³-hybridized carbons (Fsp3) is 0.833. The first-order chi connectivity index (χ1) is 4.52. The third-order valence-electron chi connectivity index (χ3n) is 0.739. The number of alkyl halides is 1. The maximum atomic E-state index is 10.7. The molecule has 0 N–H and O–H groups in total. The van der Waals surface area contributed by atoms with Crippen molar-refractivity contribution >= 4 is 17.6 Å². The van der Waals surface area contributed by atoms with E-state index >= 15 is 0 Å². The van der Waals surface area contributed by atoms with Gasteiger partial charge in [0.05, 0.1) is 6.54 Å². The number of likely N-dealkylation sites (N-methyl/N-ethyl adjacent to an activating group) is 1. The standard InChI is InChI=1S/C6H12ClNO2/c1-5(7)10-6(9)4-8(2)3/h5H,4H2,1-3H3/t5-/m0/s1. The summed E-state index contributed by atoms with van der Waals surface area (Å²) in [6.45, 7) is 1.88. The predicted molar refractivity (Wildman–Crippen MR) is 40.0 cm³/mol. The summed E-state index contributed by atoms with van der Waals surface area (Å²) in [6.07, 6.45) is 0. The number of hydrogen-bond acceptors (Lipinski definition) is 3. The summed E-state index contributed by atoms with van der Waals surface area (Å²) in [5, 5.41) is 0. The van der Waals surface area contributed by atoms with Crippen LogP contribution in [0.1, 0.15) is 6.92 Å². The van der Waals surface area contributed by atoms with Crippen molar-refractivity contribution in [2.75, 3.05) is 20.6 Å². The van der Waals surface area contributed by atoms with E-state index in [0.717, 1.165) is 0 Å². The molecule has 0 rings (SSSR count). The monoisotopic (exact) mass is 165 g/mol.